The van der Waals surface area contributed by atoms with Crippen molar-refractivity contribution in [1.82, 2.24) is 0 Å². The molecule has 16 heavy (non-hydrogen) atoms. The van der Waals surface area contributed by atoms with E-state index in [0.717, 1.165) is 0 Å². The highest BCUT2D eigenvalue weighted by Crippen LogP contribution is 2.55. The quantitative estimate of drug-likeness (QED) is 0.626. The van der Waals surface area contributed by atoms with Crippen LogP contribution in [0.2, 0.25) is 0 Å². The Bertz CT molecular complexity index is 265. The number of hydrogen-bond acceptors (Lipinski definition) is 2. The van der Waals surface area contributed by atoms with Crippen LogP contribution in [0, 0.1) is 0 Å². The summed E-state index contributed by atoms with van der Waals surface area (Å²) in [7, 11) is 0. The lowest BCUT2D eigenvalue weighted by atomic mass is 10.2. The highest BCUT2D eigenvalue weighted by Gasteiger charge is 2.83. The van der Waals surface area contributed by atoms with Crippen molar-refractivity contribution >= 4 is 0 Å². The predicted octanol–water partition coefficient (Wildman–Crippen LogP) is 2.74. The Labute approximate surface area is 80.9 Å². The van der Waals surface area contributed by atoms with Crippen LogP contribution in [-0.4, -0.2) is 30.6 Å². The highest BCUT2D eigenvalue weighted by molar-refractivity contribution is 4.93. The van der Waals surface area contributed by atoms with Crippen molar-refractivity contribution in [3.05, 3.63) is 0 Å². The molecule has 0 radical (unpaired) electrons. The molecule has 0 spiro atoms. The molecule has 1 unspecified atom stereocenters. The number of halogens is 9. The second-order valence-electron chi connectivity index (χ2n) is 2.71. The van der Waals surface area contributed by atoms with Crippen LogP contribution in [0.1, 0.15) is 0 Å². The molecule has 0 aromatic carbocycles. The summed E-state index contributed by atoms with van der Waals surface area (Å²) in [6, 6.07) is 0. The number of alkyl halides is 9. The number of hydrogen-bond donors (Lipinski definition) is 0. The van der Waals surface area contributed by atoms with E-state index in [4.69, 9.17) is 0 Å². The molecular weight excluding hydrogens is 263 g/mol. The maximum atomic E-state index is 12.2. The lowest BCUT2D eigenvalue weighted by Gasteiger charge is -2.30. The lowest BCUT2D eigenvalue weighted by molar-refractivity contribution is -0.462. The molecule has 1 rings (SSSR count). The lowest BCUT2D eigenvalue weighted by Crippen LogP contribution is -2.58. The minimum atomic E-state index is -6.39. The Morgan fingerprint density at radius 2 is 1.25 bits per heavy atom. The molecule has 1 heterocycles. The third-order valence-corrected chi connectivity index (χ3v) is 1.56. The first kappa shape index (κ1) is 13.4. The van der Waals surface area contributed by atoms with E-state index < -0.39 is 30.6 Å². The van der Waals surface area contributed by atoms with Crippen molar-refractivity contribution < 1.29 is 49.0 Å². The van der Waals surface area contributed by atoms with Gasteiger partial charge in [-0.3, -0.25) is 9.47 Å². The third-order valence-electron chi connectivity index (χ3n) is 1.56. The average molecular weight is 264 g/mol. The number of ether oxygens (including phenoxy) is 2. The minimum absolute atomic E-state index is 2.40. The summed E-state index contributed by atoms with van der Waals surface area (Å²) in [5, 5.41) is 0. The fourth-order valence-corrected chi connectivity index (χ4v) is 0.886. The molecule has 0 aliphatic carbocycles. The topological polar surface area (TPSA) is 18.5 Å². The van der Waals surface area contributed by atoms with E-state index >= 15 is 0 Å². The molecule has 2 nitrogen and oxygen atoms in total. The van der Waals surface area contributed by atoms with Gasteiger partial charge in [-0.15, -0.1) is 0 Å². The Kier molecular flexibility index (Phi) is 2.63. The van der Waals surface area contributed by atoms with Crippen LogP contribution in [0.5, 0.6) is 0 Å². The maximum Gasteiger partial charge on any atom is 0.453 e. The summed E-state index contributed by atoms with van der Waals surface area (Å²) in [5.74, 6) is -5.65. The molecule has 0 N–H and O–H groups in total. The molecule has 1 aliphatic heterocycles. The van der Waals surface area contributed by atoms with E-state index in [2.05, 4.69) is 9.47 Å². The molecule has 0 bridgehead atoms. The molecule has 1 aliphatic rings. The van der Waals surface area contributed by atoms with Gasteiger partial charge in [-0.05, 0) is 0 Å². The van der Waals surface area contributed by atoms with Gasteiger partial charge in [-0.25, -0.2) is 4.39 Å². The molecule has 0 amide bonds. The van der Waals surface area contributed by atoms with Gasteiger partial charge in [-0.1, -0.05) is 0 Å². The normalized spacial score (nSPS) is 29.4. The molecule has 0 aromatic rings. The fraction of sp³-hybridized carbons (Fsp3) is 1.00. The van der Waals surface area contributed by atoms with Crippen LogP contribution >= 0.6 is 0 Å². The molecule has 1 saturated heterocycles. The summed E-state index contributed by atoms with van der Waals surface area (Å²) in [4.78, 5) is 0. The maximum absolute atomic E-state index is 12.2. The van der Waals surface area contributed by atoms with Crippen LogP contribution in [0.3, 0.4) is 0 Å². The van der Waals surface area contributed by atoms with Gasteiger partial charge in [-0.2, -0.15) is 35.1 Å². The van der Waals surface area contributed by atoms with Crippen molar-refractivity contribution in [1.29, 1.82) is 0 Å². The zero-order chi connectivity index (χ0) is 13.0. The second-order valence-corrected chi connectivity index (χ2v) is 2.71. The molecule has 1 atom stereocenters. The predicted molar refractivity (Wildman–Crippen MR) is 26.9 cm³/mol. The SMILES string of the molecule is FC1OC(C(F)(F)F)(C(F)(F)F)OC1(F)F. The Hall–Kier alpha value is -0.710. The largest absolute Gasteiger partial charge is 0.453 e. The molecule has 0 aromatic heterocycles. The molecule has 96 valence electrons. The van der Waals surface area contributed by atoms with Crippen molar-refractivity contribution in [2.24, 2.45) is 0 Å². The van der Waals surface area contributed by atoms with Crippen molar-refractivity contribution in [3.8, 4) is 0 Å². The zero-order valence-corrected chi connectivity index (χ0v) is 6.80. The van der Waals surface area contributed by atoms with E-state index in [-0.39, 0.29) is 0 Å². The van der Waals surface area contributed by atoms with Crippen LogP contribution < -0.4 is 0 Å². The van der Waals surface area contributed by atoms with Gasteiger partial charge in [0, 0.05) is 0 Å². The Balaban J connectivity index is 3.22. The Morgan fingerprint density at radius 3 is 1.38 bits per heavy atom. The standard InChI is InChI=1S/C5HF9O2/c6-1-2(7,8)16-3(15-1,4(9,10)11)5(12,13)14/h1H. The first-order valence-electron chi connectivity index (χ1n) is 3.37. The van der Waals surface area contributed by atoms with E-state index in [0.29, 0.717) is 0 Å². The van der Waals surface area contributed by atoms with Gasteiger partial charge in [0.25, 0.3) is 6.36 Å². The summed E-state index contributed by atoms with van der Waals surface area (Å²) in [5.41, 5.74) is 0. The second kappa shape index (κ2) is 3.15. The van der Waals surface area contributed by atoms with Crippen molar-refractivity contribution in [3.63, 3.8) is 0 Å². The van der Waals surface area contributed by atoms with E-state index in [1.54, 1.807) is 0 Å². The highest BCUT2D eigenvalue weighted by atomic mass is 19.4. The van der Waals surface area contributed by atoms with Crippen LogP contribution in [0.25, 0.3) is 0 Å². The molecular formula is C5HF9O2. The Morgan fingerprint density at radius 1 is 0.875 bits per heavy atom. The number of rotatable bonds is 0. The van der Waals surface area contributed by atoms with Gasteiger partial charge < -0.3 is 0 Å². The fourth-order valence-electron chi connectivity index (χ4n) is 0.886. The van der Waals surface area contributed by atoms with Gasteiger partial charge in [0.1, 0.15) is 0 Å². The van der Waals surface area contributed by atoms with Gasteiger partial charge in [0.05, 0.1) is 0 Å². The van der Waals surface area contributed by atoms with Crippen LogP contribution in [-0.2, 0) is 9.47 Å². The zero-order valence-electron chi connectivity index (χ0n) is 6.80. The first-order valence-corrected chi connectivity index (χ1v) is 3.37. The molecule has 0 saturated carbocycles. The van der Waals surface area contributed by atoms with Crippen LogP contribution in [0.4, 0.5) is 39.5 Å². The van der Waals surface area contributed by atoms with Crippen molar-refractivity contribution in [2.45, 2.75) is 30.6 Å². The summed E-state index contributed by atoms with van der Waals surface area (Å²) >= 11 is 0. The summed E-state index contributed by atoms with van der Waals surface area (Å²) < 4.78 is 113. The van der Waals surface area contributed by atoms with E-state index in [1.165, 1.54) is 0 Å². The average Bonchev–Trinajstić information content (AvgIpc) is 2.21. The first-order chi connectivity index (χ1) is 6.83. The van der Waals surface area contributed by atoms with Gasteiger partial charge in [0.2, 0.25) is 0 Å². The molecule has 11 heteroatoms. The van der Waals surface area contributed by atoms with E-state index in [9.17, 15) is 39.5 Å². The smallest absolute Gasteiger partial charge is 0.293 e. The van der Waals surface area contributed by atoms with E-state index in [1.807, 2.05) is 0 Å². The summed E-state index contributed by atoms with van der Waals surface area (Å²) in [6.45, 7) is 0. The minimum Gasteiger partial charge on any atom is -0.293 e. The van der Waals surface area contributed by atoms with Crippen molar-refractivity contribution in [2.75, 3.05) is 0 Å². The monoisotopic (exact) mass is 264 g/mol. The van der Waals surface area contributed by atoms with Gasteiger partial charge in [0.15, 0.2) is 0 Å². The summed E-state index contributed by atoms with van der Waals surface area (Å²) in [6.07, 6.45) is -22.3. The van der Waals surface area contributed by atoms with Crippen LogP contribution in [0.15, 0.2) is 0 Å². The van der Waals surface area contributed by atoms with Gasteiger partial charge >= 0.3 is 24.2 Å². The third kappa shape index (κ3) is 1.71. The molecule has 1 fully saturated rings.